The van der Waals surface area contributed by atoms with Gasteiger partial charge in [0.2, 0.25) is 0 Å². The first kappa shape index (κ1) is 13.0. The summed E-state index contributed by atoms with van der Waals surface area (Å²) in [6.07, 6.45) is 1.29. The first-order valence-electron chi connectivity index (χ1n) is 6.05. The van der Waals surface area contributed by atoms with Crippen LogP contribution < -0.4 is 10.6 Å². The minimum absolute atomic E-state index is 0.299. The molecule has 2 N–H and O–H groups in total. The summed E-state index contributed by atoms with van der Waals surface area (Å²) in [7, 11) is 2.00. The van der Waals surface area contributed by atoms with Gasteiger partial charge in [0.05, 0.1) is 12.7 Å². The zero-order valence-corrected chi connectivity index (χ0v) is 11.7. The lowest BCUT2D eigenvalue weighted by Gasteiger charge is -2.28. The summed E-state index contributed by atoms with van der Waals surface area (Å²) in [6.45, 7) is 2.73. The largest absolute Gasteiger partial charge is 0.376 e. The Morgan fingerprint density at radius 3 is 3.00 bits per heavy atom. The number of hydrogen-bond donors (Lipinski definition) is 2. The second kappa shape index (κ2) is 6.50. The lowest BCUT2D eigenvalue weighted by atomic mass is 10.0. The van der Waals surface area contributed by atoms with Crippen molar-refractivity contribution in [1.82, 2.24) is 10.6 Å². The van der Waals surface area contributed by atoms with Crippen molar-refractivity contribution < 1.29 is 4.74 Å². The van der Waals surface area contributed by atoms with Crippen molar-refractivity contribution >= 4 is 15.9 Å². The van der Waals surface area contributed by atoms with E-state index in [1.807, 2.05) is 13.1 Å². The Kier molecular flexibility index (Phi) is 4.98. The third kappa shape index (κ3) is 3.52. The molecule has 2 atom stereocenters. The van der Waals surface area contributed by atoms with Crippen molar-refractivity contribution in [3.8, 4) is 0 Å². The Hall–Kier alpha value is -0.420. The van der Waals surface area contributed by atoms with E-state index in [4.69, 9.17) is 4.74 Å². The molecule has 0 spiro atoms. The quantitative estimate of drug-likeness (QED) is 0.893. The molecule has 0 radical (unpaired) electrons. The summed E-state index contributed by atoms with van der Waals surface area (Å²) < 4.78 is 6.91. The van der Waals surface area contributed by atoms with Crippen LogP contribution in [0.25, 0.3) is 0 Å². The first-order valence-corrected chi connectivity index (χ1v) is 6.84. The minimum atomic E-state index is 0.299. The molecular formula is C13H19BrN2O. The summed E-state index contributed by atoms with van der Waals surface area (Å²) in [5.74, 6) is 0. The fourth-order valence-corrected chi connectivity index (χ4v) is 2.75. The number of nitrogens with one attached hydrogen (secondary N) is 2. The summed E-state index contributed by atoms with van der Waals surface area (Å²) in [4.78, 5) is 0. The maximum Gasteiger partial charge on any atom is 0.0718 e. The van der Waals surface area contributed by atoms with E-state index < -0.39 is 0 Å². The van der Waals surface area contributed by atoms with Crippen molar-refractivity contribution in [1.29, 1.82) is 0 Å². The van der Waals surface area contributed by atoms with Gasteiger partial charge in [-0.25, -0.2) is 0 Å². The number of ether oxygens (including phenoxy) is 1. The van der Waals surface area contributed by atoms with Gasteiger partial charge in [-0.3, -0.25) is 0 Å². The van der Waals surface area contributed by atoms with Gasteiger partial charge in [-0.2, -0.15) is 0 Å². The molecule has 94 valence electrons. The molecule has 0 saturated carbocycles. The summed E-state index contributed by atoms with van der Waals surface area (Å²) in [5.41, 5.74) is 1.30. The van der Waals surface area contributed by atoms with Crippen molar-refractivity contribution in [3.05, 3.63) is 34.3 Å². The minimum Gasteiger partial charge on any atom is -0.376 e. The molecule has 1 aromatic carbocycles. The topological polar surface area (TPSA) is 33.3 Å². The molecule has 17 heavy (non-hydrogen) atoms. The van der Waals surface area contributed by atoms with Crippen LogP contribution in [0.15, 0.2) is 28.7 Å². The van der Waals surface area contributed by atoms with Crippen molar-refractivity contribution in [2.45, 2.75) is 18.6 Å². The van der Waals surface area contributed by atoms with Gasteiger partial charge in [-0.15, -0.1) is 0 Å². The normalized spacial score (nSPS) is 22.4. The average molecular weight is 299 g/mol. The highest BCUT2D eigenvalue weighted by Crippen LogP contribution is 2.26. The number of benzene rings is 1. The highest BCUT2D eigenvalue weighted by atomic mass is 79.9. The van der Waals surface area contributed by atoms with E-state index >= 15 is 0 Å². The predicted molar refractivity (Wildman–Crippen MR) is 73.2 cm³/mol. The highest BCUT2D eigenvalue weighted by Gasteiger charge is 2.20. The third-order valence-electron chi connectivity index (χ3n) is 3.13. The Labute approximate surface area is 111 Å². The van der Waals surface area contributed by atoms with Crippen LogP contribution in [-0.4, -0.2) is 32.8 Å². The van der Waals surface area contributed by atoms with Gasteiger partial charge >= 0.3 is 0 Å². The Morgan fingerprint density at radius 1 is 1.53 bits per heavy atom. The molecule has 1 saturated heterocycles. The molecule has 1 aromatic rings. The smallest absolute Gasteiger partial charge is 0.0718 e. The maximum atomic E-state index is 5.75. The molecule has 3 nitrogen and oxygen atoms in total. The van der Waals surface area contributed by atoms with Gasteiger partial charge < -0.3 is 15.4 Å². The van der Waals surface area contributed by atoms with Crippen molar-refractivity contribution in [3.63, 3.8) is 0 Å². The van der Waals surface area contributed by atoms with Crippen LogP contribution in [0.5, 0.6) is 0 Å². The Balaban J connectivity index is 2.03. The molecule has 1 fully saturated rings. The number of hydrogen-bond acceptors (Lipinski definition) is 3. The predicted octanol–water partition coefficient (Wildman–Crippen LogP) is 2.09. The van der Waals surface area contributed by atoms with Gasteiger partial charge in [-0.05, 0) is 25.1 Å². The highest BCUT2D eigenvalue weighted by molar-refractivity contribution is 9.10. The van der Waals surface area contributed by atoms with E-state index in [0.29, 0.717) is 12.1 Å². The summed E-state index contributed by atoms with van der Waals surface area (Å²) in [6, 6.07) is 8.68. The van der Waals surface area contributed by atoms with Gasteiger partial charge in [0.25, 0.3) is 0 Å². The lowest BCUT2D eigenvalue weighted by molar-refractivity contribution is 0.0176. The molecule has 0 aromatic heterocycles. The van der Waals surface area contributed by atoms with Crippen molar-refractivity contribution in [2.24, 2.45) is 0 Å². The monoisotopic (exact) mass is 298 g/mol. The lowest BCUT2D eigenvalue weighted by Crippen LogP contribution is -2.40. The van der Waals surface area contributed by atoms with Crippen LogP contribution in [-0.2, 0) is 4.74 Å². The fraction of sp³-hybridized carbons (Fsp3) is 0.538. The van der Waals surface area contributed by atoms with Crippen LogP contribution >= 0.6 is 15.9 Å². The molecule has 1 aliphatic rings. The molecule has 0 amide bonds. The zero-order chi connectivity index (χ0) is 12.1. The standard InChI is InChI=1S/C13H19BrN2O/c1-15-13(8-10-9-16-6-7-17-10)11-4-2-3-5-12(11)14/h2-5,10,13,15-16H,6-9H2,1H3. The van der Waals surface area contributed by atoms with Gasteiger partial charge in [-0.1, -0.05) is 34.1 Å². The second-order valence-electron chi connectivity index (χ2n) is 4.30. The molecule has 0 aliphatic carbocycles. The molecular weight excluding hydrogens is 280 g/mol. The van der Waals surface area contributed by atoms with Gasteiger partial charge in [0.1, 0.15) is 0 Å². The van der Waals surface area contributed by atoms with Crippen LogP contribution in [0.3, 0.4) is 0 Å². The number of halogens is 1. The summed E-state index contributed by atoms with van der Waals surface area (Å²) in [5, 5.41) is 6.73. The van der Waals surface area contributed by atoms with Crippen LogP contribution in [0.2, 0.25) is 0 Å². The van der Waals surface area contributed by atoms with E-state index in [1.54, 1.807) is 0 Å². The van der Waals surface area contributed by atoms with Gasteiger partial charge in [0, 0.05) is 23.6 Å². The van der Waals surface area contributed by atoms with E-state index in [0.717, 1.165) is 30.6 Å². The molecule has 1 heterocycles. The molecule has 4 heteroatoms. The third-order valence-corrected chi connectivity index (χ3v) is 3.85. The van der Waals surface area contributed by atoms with Crippen LogP contribution in [0.1, 0.15) is 18.0 Å². The Morgan fingerprint density at radius 2 is 2.35 bits per heavy atom. The van der Waals surface area contributed by atoms with E-state index in [2.05, 4.69) is 44.8 Å². The van der Waals surface area contributed by atoms with Gasteiger partial charge in [0.15, 0.2) is 0 Å². The number of rotatable bonds is 4. The fourth-order valence-electron chi connectivity index (χ4n) is 2.19. The Bertz CT molecular complexity index is 353. The molecule has 1 aliphatic heterocycles. The first-order chi connectivity index (χ1) is 8.31. The second-order valence-corrected chi connectivity index (χ2v) is 5.15. The molecule has 2 unspecified atom stereocenters. The van der Waals surface area contributed by atoms with E-state index in [1.165, 1.54) is 5.56 Å². The average Bonchev–Trinajstić information content (AvgIpc) is 2.38. The van der Waals surface area contributed by atoms with Crippen LogP contribution in [0.4, 0.5) is 0 Å². The maximum absolute atomic E-state index is 5.75. The molecule has 0 bridgehead atoms. The summed E-state index contributed by atoms with van der Waals surface area (Å²) >= 11 is 3.61. The SMILES string of the molecule is CNC(CC1CNCCO1)c1ccccc1Br. The van der Waals surface area contributed by atoms with E-state index in [9.17, 15) is 0 Å². The van der Waals surface area contributed by atoms with E-state index in [-0.39, 0.29) is 0 Å². The molecule has 2 rings (SSSR count). The number of morpholine rings is 1. The zero-order valence-electron chi connectivity index (χ0n) is 10.1. The van der Waals surface area contributed by atoms with Crippen LogP contribution in [0, 0.1) is 0 Å². The van der Waals surface area contributed by atoms with Crippen molar-refractivity contribution in [2.75, 3.05) is 26.7 Å².